The summed E-state index contributed by atoms with van der Waals surface area (Å²) in [5.41, 5.74) is 0.119. The number of carbonyl (C=O) groups excluding carboxylic acids is 1. The van der Waals surface area contributed by atoms with Crippen LogP contribution in [0.5, 0.6) is 0 Å². The van der Waals surface area contributed by atoms with Gasteiger partial charge in [-0.3, -0.25) is 0 Å². The molecule has 1 aliphatic rings. The summed E-state index contributed by atoms with van der Waals surface area (Å²) in [4.78, 5) is 16.0. The molecule has 1 fully saturated rings. The zero-order valence-corrected chi connectivity index (χ0v) is 11.9. The Morgan fingerprint density at radius 1 is 1.39 bits per heavy atom. The van der Waals surface area contributed by atoms with Crippen molar-refractivity contribution in [1.29, 1.82) is 5.26 Å². The summed E-state index contributed by atoms with van der Waals surface area (Å²) < 4.78 is 4.92. The Hall–Kier alpha value is -1.19. The maximum Gasteiger partial charge on any atom is 0.351 e. The molecule has 1 heterocycles. The summed E-state index contributed by atoms with van der Waals surface area (Å²) in [6, 6.07) is 1.98. The minimum atomic E-state index is -0.525. The molecule has 0 bridgehead atoms. The largest absolute Gasteiger partial charge is 0.462 e. The van der Waals surface area contributed by atoms with Gasteiger partial charge in [0.05, 0.1) is 11.6 Å². The van der Waals surface area contributed by atoms with E-state index in [1.54, 1.807) is 6.92 Å². The van der Waals surface area contributed by atoms with E-state index in [0.717, 1.165) is 31.2 Å². The van der Waals surface area contributed by atoms with E-state index in [0.29, 0.717) is 0 Å². The van der Waals surface area contributed by atoms with Crippen molar-refractivity contribution in [3.05, 3.63) is 10.6 Å². The smallest absolute Gasteiger partial charge is 0.351 e. The fourth-order valence-corrected chi connectivity index (χ4v) is 2.56. The van der Waals surface area contributed by atoms with E-state index >= 15 is 0 Å². The molecule has 0 amide bonds. The van der Waals surface area contributed by atoms with Crippen molar-refractivity contribution in [2.24, 2.45) is 0 Å². The quantitative estimate of drug-likeness (QED) is 0.429. The van der Waals surface area contributed by atoms with Gasteiger partial charge in [-0.05, 0) is 20.2 Å². The van der Waals surface area contributed by atoms with Crippen LogP contribution < -0.4 is 0 Å². The van der Waals surface area contributed by atoms with E-state index in [1.165, 1.54) is 11.8 Å². The van der Waals surface area contributed by atoms with Crippen LogP contribution in [-0.4, -0.2) is 61.9 Å². The van der Waals surface area contributed by atoms with Crippen LogP contribution in [0.25, 0.3) is 0 Å². The van der Waals surface area contributed by atoms with E-state index in [1.807, 2.05) is 12.3 Å². The molecule has 6 heteroatoms. The second kappa shape index (κ2) is 7.29. The first-order chi connectivity index (χ1) is 8.63. The average molecular weight is 269 g/mol. The van der Waals surface area contributed by atoms with Crippen LogP contribution in [-0.2, 0) is 9.53 Å². The molecule has 100 valence electrons. The molecule has 1 saturated heterocycles. The zero-order chi connectivity index (χ0) is 13.5. The van der Waals surface area contributed by atoms with Gasteiger partial charge in [-0.1, -0.05) is 0 Å². The molecule has 0 N–H and O–H groups in total. The molecule has 0 aromatic rings. The first-order valence-electron chi connectivity index (χ1n) is 5.93. The third-order valence-electron chi connectivity index (χ3n) is 2.79. The average Bonchev–Trinajstić information content (AvgIpc) is 2.37. The lowest BCUT2D eigenvalue weighted by Crippen LogP contribution is -2.43. The van der Waals surface area contributed by atoms with E-state index < -0.39 is 5.97 Å². The monoisotopic (exact) mass is 269 g/mol. The highest BCUT2D eigenvalue weighted by atomic mass is 32.2. The van der Waals surface area contributed by atoms with Crippen LogP contribution in [0.15, 0.2) is 10.6 Å². The highest BCUT2D eigenvalue weighted by Crippen LogP contribution is 2.23. The molecular formula is C12H19N3O2S. The molecule has 1 rings (SSSR count). The van der Waals surface area contributed by atoms with Gasteiger partial charge in [-0.2, -0.15) is 5.26 Å². The number of carbonyl (C=O) groups is 1. The molecule has 1 aliphatic heterocycles. The van der Waals surface area contributed by atoms with Crippen LogP contribution in [0, 0.1) is 11.3 Å². The highest BCUT2D eigenvalue weighted by Gasteiger charge is 2.23. The van der Waals surface area contributed by atoms with Gasteiger partial charge in [-0.25, -0.2) is 4.79 Å². The number of rotatable bonds is 4. The van der Waals surface area contributed by atoms with E-state index in [4.69, 9.17) is 10.00 Å². The van der Waals surface area contributed by atoms with Gasteiger partial charge >= 0.3 is 5.97 Å². The number of esters is 1. The third kappa shape index (κ3) is 3.65. The summed E-state index contributed by atoms with van der Waals surface area (Å²) in [6.07, 6.45) is 1.88. The van der Waals surface area contributed by atoms with Gasteiger partial charge in [0.2, 0.25) is 0 Å². The lowest BCUT2D eigenvalue weighted by atomic mass is 10.3. The molecule has 0 atom stereocenters. The normalized spacial score (nSPS) is 18.0. The summed E-state index contributed by atoms with van der Waals surface area (Å²) in [5.74, 6) is -0.525. The second-order valence-electron chi connectivity index (χ2n) is 4.01. The first-order valence-corrected chi connectivity index (χ1v) is 7.15. The number of hydrogen-bond acceptors (Lipinski definition) is 6. The number of thioether (sulfide) groups is 1. The van der Waals surface area contributed by atoms with Crippen molar-refractivity contribution < 1.29 is 9.53 Å². The van der Waals surface area contributed by atoms with Crippen LogP contribution >= 0.6 is 11.8 Å². The SMILES string of the molecule is CCOC(=O)/C(C#N)=C(\SC)N1CCN(C)CC1. The maximum atomic E-state index is 11.7. The number of likely N-dealkylation sites (N-methyl/N-ethyl adjacent to an activating group) is 1. The zero-order valence-electron chi connectivity index (χ0n) is 11.1. The van der Waals surface area contributed by atoms with Gasteiger partial charge in [0.25, 0.3) is 0 Å². The summed E-state index contributed by atoms with van der Waals surface area (Å²) in [5, 5.41) is 9.87. The lowest BCUT2D eigenvalue weighted by Gasteiger charge is -2.35. The molecule has 0 aromatic carbocycles. The van der Waals surface area contributed by atoms with E-state index in [2.05, 4.69) is 16.8 Å². The first kappa shape index (κ1) is 14.9. The molecule has 0 aromatic heterocycles. The van der Waals surface area contributed by atoms with Crippen LogP contribution in [0.1, 0.15) is 6.92 Å². The Bertz CT molecular complexity index is 368. The Morgan fingerprint density at radius 2 is 2.00 bits per heavy atom. The Kier molecular flexibility index (Phi) is 6.02. The van der Waals surface area contributed by atoms with Crippen molar-refractivity contribution >= 4 is 17.7 Å². The fourth-order valence-electron chi connectivity index (χ4n) is 1.78. The predicted octanol–water partition coefficient (Wildman–Crippen LogP) is 0.895. The molecule has 0 saturated carbocycles. The van der Waals surface area contributed by atoms with Gasteiger partial charge in [0.1, 0.15) is 6.07 Å². The van der Waals surface area contributed by atoms with Gasteiger partial charge in [-0.15, -0.1) is 11.8 Å². The Balaban J connectivity index is 2.90. The number of nitrogens with zero attached hydrogens (tertiary/aromatic N) is 3. The number of hydrogen-bond donors (Lipinski definition) is 0. The molecule has 0 unspecified atom stereocenters. The number of piperazine rings is 1. The minimum absolute atomic E-state index is 0.119. The number of ether oxygens (including phenoxy) is 1. The fraction of sp³-hybridized carbons (Fsp3) is 0.667. The van der Waals surface area contributed by atoms with Crippen LogP contribution in [0.2, 0.25) is 0 Å². The molecule has 0 aliphatic carbocycles. The highest BCUT2D eigenvalue weighted by molar-refractivity contribution is 8.02. The van der Waals surface area contributed by atoms with Crippen molar-refractivity contribution in [3.8, 4) is 6.07 Å². The molecule has 0 radical (unpaired) electrons. The second-order valence-corrected chi connectivity index (χ2v) is 4.80. The maximum absolute atomic E-state index is 11.7. The van der Waals surface area contributed by atoms with Crippen molar-refractivity contribution in [2.45, 2.75) is 6.92 Å². The molecule has 18 heavy (non-hydrogen) atoms. The van der Waals surface area contributed by atoms with Crippen LogP contribution in [0.4, 0.5) is 0 Å². The minimum Gasteiger partial charge on any atom is -0.462 e. The summed E-state index contributed by atoms with van der Waals surface area (Å²) in [6.45, 7) is 5.56. The summed E-state index contributed by atoms with van der Waals surface area (Å²) in [7, 11) is 2.07. The standard InChI is InChI=1S/C12H19N3O2S/c1-4-17-12(16)10(9-13)11(18-3)15-7-5-14(2)6-8-15/h4-8H2,1-3H3/b11-10-. The van der Waals surface area contributed by atoms with Gasteiger partial charge in [0, 0.05) is 26.2 Å². The number of nitriles is 1. The third-order valence-corrected chi connectivity index (χ3v) is 3.64. The molecule has 5 nitrogen and oxygen atoms in total. The van der Waals surface area contributed by atoms with Gasteiger partial charge in [0.15, 0.2) is 5.57 Å². The van der Waals surface area contributed by atoms with E-state index in [-0.39, 0.29) is 12.2 Å². The summed E-state index contributed by atoms with van der Waals surface area (Å²) >= 11 is 1.43. The molecule has 0 spiro atoms. The van der Waals surface area contributed by atoms with Crippen molar-refractivity contribution in [3.63, 3.8) is 0 Å². The van der Waals surface area contributed by atoms with Gasteiger partial charge < -0.3 is 14.5 Å². The Labute approximate surface area is 112 Å². The van der Waals surface area contributed by atoms with Crippen LogP contribution in [0.3, 0.4) is 0 Å². The lowest BCUT2D eigenvalue weighted by molar-refractivity contribution is -0.138. The topological polar surface area (TPSA) is 56.6 Å². The predicted molar refractivity (Wildman–Crippen MR) is 71.9 cm³/mol. The van der Waals surface area contributed by atoms with E-state index in [9.17, 15) is 4.79 Å². The van der Waals surface area contributed by atoms with Crippen molar-refractivity contribution in [1.82, 2.24) is 9.80 Å². The molecular weight excluding hydrogens is 250 g/mol. The van der Waals surface area contributed by atoms with Crippen molar-refractivity contribution in [2.75, 3.05) is 46.1 Å². The Morgan fingerprint density at radius 3 is 2.44 bits per heavy atom.